The van der Waals surface area contributed by atoms with Crippen LogP contribution in [0.3, 0.4) is 0 Å². The largest absolute Gasteiger partial charge is 0.465 e. The SMILES string of the molecule is O=c1[nH]c2c3ccccc3c(=Cc3ccco3)c2n2ccnc12. The molecule has 0 saturated carbocycles. The number of nitrogens with zero attached hydrogens (tertiary/aromatic N) is 2. The number of rotatable bonds is 1. The number of fused-ring (bicyclic) bond motifs is 5. The Balaban J connectivity index is 2.14. The van der Waals surface area contributed by atoms with Gasteiger partial charge in [-0.15, -0.1) is 0 Å². The summed E-state index contributed by atoms with van der Waals surface area (Å²) < 4.78 is 7.31. The van der Waals surface area contributed by atoms with Crippen LogP contribution < -0.4 is 10.8 Å². The van der Waals surface area contributed by atoms with E-state index in [-0.39, 0.29) is 5.56 Å². The summed E-state index contributed by atoms with van der Waals surface area (Å²) in [6.45, 7) is 0. The number of aromatic amines is 1. The Kier molecular flexibility index (Phi) is 2.30. The van der Waals surface area contributed by atoms with E-state index in [0.29, 0.717) is 5.65 Å². The van der Waals surface area contributed by atoms with E-state index in [1.165, 1.54) is 0 Å². The van der Waals surface area contributed by atoms with E-state index in [1.54, 1.807) is 12.5 Å². The molecule has 0 atom stereocenters. The molecule has 3 aromatic heterocycles. The van der Waals surface area contributed by atoms with Crippen molar-refractivity contribution in [3.8, 4) is 0 Å². The highest BCUT2D eigenvalue weighted by molar-refractivity contribution is 6.09. The van der Waals surface area contributed by atoms with Crippen molar-refractivity contribution in [2.75, 3.05) is 0 Å². The fraction of sp³-hybridized carbons (Fsp3) is 0. The second-order valence-electron chi connectivity index (χ2n) is 5.42. The second-order valence-corrected chi connectivity index (χ2v) is 5.42. The molecule has 3 heterocycles. The van der Waals surface area contributed by atoms with E-state index in [9.17, 15) is 4.79 Å². The van der Waals surface area contributed by atoms with Crippen molar-refractivity contribution in [2.24, 2.45) is 0 Å². The number of benzene rings is 1. The first-order valence-electron chi connectivity index (χ1n) is 7.27. The standard InChI is InChI=1S/C18H11N3O2/c22-18-17-19-7-8-21(17)16-14(10-11-4-3-9-23-11)12-5-1-2-6-13(12)15(16)20-18/h1-10H,(H,20,22). The third kappa shape index (κ3) is 1.61. The van der Waals surface area contributed by atoms with E-state index in [1.807, 2.05) is 53.1 Å². The minimum atomic E-state index is -0.192. The van der Waals surface area contributed by atoms with Gasteiger partial charge in [-0.1, -0.05) is 24.3 Å². The Morgan fingerprint density at radius 3 is 2.83 bits per heavy atom. The number of furan rings is 1. The molecule has 5 heteroatoms. The zero-order valence-corrected chi connectivity index (χ0v) is 12.0. The summed E-state index contributed by atoms with van der Waals surface area (Å²) in [5.41, 5.74) is 1.94. The van der Waals surface area contributed by atoms with Gasteiger partial charge in [0, 0.05) is 23.0 Å². The molecule has 0 bridgehead atoms. The molecule has 0 aliphatic heterocycles. The number of hydrogen-bond acceptors (Lipinski definition) is 3. The third-order valence-corrected chi connectivity index (χ3v) is 4.13. The van der Waals surface area contributed by atoms with Gasteiger partial charge in [0.25, 0.3) is 5.56 Å². The molecule has 23 heavy (non-hydrogen) atoms. The molecule has 0 aliphatic carbocycles. The van der Waals surface area contributed by atoms with E-state index < -0.39 is 0 Å². The summed E-state index contributed by atoms with van der Waals surface area (Å²) in [4.78, 5) is 19.4. The Hall–Kier alpha value is -3.34. The van der Waals surface area contributed by atoms with Gasteiger partial charge >= 0.3 is 0 Å². The lowest BCUT2D eigenvalue weighted by Crippen LogP contribution is -2.13. The maximum absolute atomic E-state index is 12.3. The zero-order valence-electron chi connectivity index (χ0n) is 12.0. The van der Waals surface area contributed by atoms with Gasteiger partial charge in [0.1, 0.15) is 5.76 Å². The van der Waals surface area contributed by atoms with Gasteiger partial charge in [-0.05, 0) is 23.6 Å². The first-order valence-corrected chi connectivity index (χ1v) is 7.27. The monoisotopic (exact) mass is 301 g/mol. The van der Waals surface area contributed by atoms with Crippen LogP contribution in [0.2, 0.25) is 0 Å². The van der Waals surface area contributed by atoms with Crippen molar-refractivity contribution in [2.45, 2.75) is 0 Å². The Morgan fingerprint density at radius 2 is 2.00 bits per heavy atom. The summed E-state index contributed by atoms with van der Waals surface area (Å²) in [6.07, 6.45) is 7.08. The zero-order chi connectivity index (χ0) is 15.4. The molecule has 5 rings (SSSR count). The molecule has 0 amide bonds. The summed E-state index contributed by atoms with van der Waals surface area (Å²) in [6, 6.07) is 11.8. The Bertz CT molecular complexity index is 1280. The van der Waals surface area contributed by atoms with Crippen LogP contribution in [0.1, 0.15) is 5.76 Å². The molecule has 0 unspecified atom stereocenters. The van der Waals surface area contributed by atoms with Crippen LogP contribution in [0.25, 0.3) is 33.5 Å². The molecule has 110 valence electrons. The summed E-state index contributed by atoms with van der Waals surface area (Å²) in [5, 5.41) is 3.08. The van der Waals surface area contributed by atoms with Crippen molar-refractivity contribution in [1.29, 1.82) is 0 Å². The Morgan fingerprint density at radius 1 is 1.13 bits per heavy atom. The van der Waals surface area contributed by atoms with Gasteiger partial charge in [0.2, 0.25) is 5.65 Å². The normalized spacial score (nSPS) is 12.8. The van der Waals surface area contributed by atoms with Crippen molar-refractivity contribution in [3.63, 3.8) is 0 Å². The lowest BCUT2D eigenvalue weighted by Gasteiger charge is -1.97. The lowest BCUT2D eigenvalue weighted by atomic mass is 10.2. The molecule has 0 saturated heterocycles. The van der Waals surface area contributed by atoms with Crippen LogP contribution >= 0.6 is 0 Å². The van der Waals surface area contributed by atoms with Crippen LogP contribution in [-0.2, 0) is 0 Å². The molecule has 1 N–H and O–H groups in total. The first kappa shape index (κ1) is 12.2. The van der Waals surface area contributed by atoms with Crippen LogP contribution in [0, 0.1) is 0 Å². The second kappa shape index (κ2) is 4.33. The molecule has 5 nitrogen and oxygen atoms in total. The van der Waals surface area contributed by atoms with Gasteiger partial charge in [-0.25, -0.2) is 4.98 Å². The predicted molar refractivity (Wildman–Crippen MR) is 88.3 cm³/mol. The van der Waals surface area contributed by atoms with Crippen LogP contribution in [-0.4, -0.2) is 14.4 Å². The highest BCUT2D eigenvalue weighted by Crippen LogP contribution is 2.22. The molecule has 0 fully saturated rings. The highest BCUT2D eigenvalue weighted by Gasteiger charge is 2.13. The minimum absolute atomic E-state index is 0.192. The van der Waals surface area contributed by atoms with Crippen molar-refractivity contribution in [1.82, 2.24) is 14.4 Å². The third-order valence-electron chi connectivity index (χ3n) is 4.13. The topological polar surface area (TPSA) is 63.3 Å². The van der Waals surface area contributed by atoms with Crippen molar-refractivity contribution >= 4 is 33.5 Å². The van der Waals surface area contributed by atoms with Gasteiger partial charge in [0.15, 0.2) is 0 Å². The summed E-state index contributed by atoms with van der Waals surface area (Å²) in [5.74, 6) is 0.766. The lowest BCUT2D eigenvalue weighted by molar-refractivity contribution is 0.557. The molecule has 0 spiro atoms. The average Bonchev–Trinajstić information content (AvgIpc) is 3.28. The minimum Gasteiger partial charge on any atom is -0.465 e. The van der Waals surface area contributed by atoms with Crippen LogP contribution in [0.5, 0.6) is 0 Å². The molecule has 5 aromatic rings. The van der Waals surface area contributed by atoms with E-state index >= 15 is 0 Å². The number of imidazole rings is 1. The summed E-state index contributed by atoms with van der Waals surface area (Å²) >= 11 is 0. The van der Waals surface area contributed by atoms with Crippen molar-refractivity contribution < 1.29 is 4.42 Å². The fourth-order valence-corrected chi connectivity index (χ4v) is 3.19. The fourth-order valence-electron chi connectivity index (χ4n) is 3.19. The number of nitrogens with one attached hydrogen (secondary N) is 1. The van der Waals surface area contributed by atoms with Crippen LogP contribution in [0.4, 0.5) is 0 Å². The first-order chi connectivity index (χ1) is 11.3. The quantitative estimate of drug-likeness (QED) is 0.517. The maximum atomic E-state index is 12.3. The van der Waals surface area contributed by atoms with E-state index in [2.05, 4.69) is 9.97 Å². The van der Waals surface area contributed by atoms with Crippen LogP contribution in [0.15, 0.2) is 64.3 Å². The number of H-pyrrole nitrogens is 1. The average molecular weight is 301 g/mol. The van der Waals surface area contributed by atoms with E-state index in [4.69, 9.17) is 4.42 Å². The number of hydrogen-bond donors (Lipinski definition) is 1. The molecular weight excluding hydrogens is 290 g/mol. The van der Waals surface area contributed by atoms with E-state index in [0.717, 1.165) is 32.8 Å². The van der Waals surface area contributed by atoms with Gasteiger partial charge in [0.05, 0.1) is 17.3 Å². The van der Waals surface area contributed by atoms with Gasteiger partial charge < -0.3 is 9.40 Å². The van der Waals surface area contributed by atoms with Gasteiger partial charge in [-0.2, -0.15) is 0 Å². The molecular formula is C18H11N3O2. The van der Waals surface area contributed by atoms with Gasteiger partial charge in [-0.3, -0.25) is 9.20 Å². The van der Waals surface area contributed by atoms with Crippen molar-refractivity contribution in [3.05, 3.63) is 76.4 Å². The smallest absolute Gasteiger partial charge is 0.292 e. The summed E-state index contributed by atoms with van der Waals surface area (Å²) in [7, 11) is 0. The maximum Gasteiger partial charge on any atom is 0.292 e. The highest BCUT2D eigenvalue weighted by atomic mass is 16.3. The number of aromatic nitrogens is 3. The predicted octanol–water partition coefficient (Wildman–Crippen LogP) is 2.47. The molecule has 0 aliphatic rings. The molecule has 0 radical (unpaired) electrons. The molecule has 2 aromatic carbocycles. The Labute approximate surface area is 129 Å².